The van der Waals surface area contributed by atoms with Crippen LogP contribution in [-0.4, -0.2) is 12.6 Å². The van der Waals surface area contributed by atoms with Gasteiger partial charge in [-0.05, 0) is 25.5 Å². The fraction of sp³-hybridized carbons (Fsp3) is 0.692. The third-order valence-corrected chi connectivity index (χ3v) is 3.15. The van der Waals surface area contributed by atoms with Crippen LogP contribution < -0.4 is 5.32 Å². The number of rotatable bonds is 6. The van der Waals surface area contributed by atoms with Crippen molar-refractivity contribution in [2.24, 2.45) is 0 Å². The van der Waals surface area contributed by atoms with E-state index in [0.29, 0.717) is 12.7 Å². The molecule has 1 heterocycles. The number of nitrogens with one attached hydrogen (secondary N) is 1. The van der Waals surface area contributed by atoms with E-state index in [4.69, 9.17) is 9.15 Å². The van der Waals surface area contributed by atoms with E-state index in [0.717, 1.165) is 18.8 Å². The van der Waals surface area contributed by atoms with Crippen LogP contribution in [0.25, 0.3) is 0 Å². The Hall–Kier alpha value is -0.800. The fourth-order valence-corrected chi connectivity index (χ4v) is 2.15. The smallest absolute Gasteiger partial charge is 0.123 e. The molecule has 1 aromatic heterocycles. The van der Waals surface area contributed by atoms with Gasteiger partial charge in [-0.3, -0.25) is 0 Å². The van der Waals surface area contributed by atoms with Crippen LogP contribution in [0.2, 0.25) is 0 Å². The van der Waals surface area contributed by atoms with E-state index in [1.54, 1.807) is 6.26 Å². The Morgan fingerprint density at radius 3 is 3.00 bits per heavy atom. The Balaban J connectivity index is 1.80. The van der Waals surface area contributed by atoms with E-state index < -0.39 is 0 Å². The summed E-state index contributed by atoms with van der Waals surface area (Å²) in [6.07, 6.45) is 7.31. The predicted molar refractivity (Wildman–Crippen MR) is 63.1 cm³/mol. The summed E-state index contributed by atoms with van der Waals surface area (Å²) in [6, 6.07) is 2.02. The van der Waals surface area contributed by atoms with Crippen molar-refractivity contribution in [3.8, 4) is 0 Å². The van der Waals surface area contributed by atoms with Crippen molar-refractivity contribution in [1.29, 1.82) is 0 Å². The molecule has 1 N–H and O–H groups in total. The second-order valence-electron chi connectivity index (χ2n) is 4.37. The molecule has 0 aromatic carbocycles. The molecule has 0 radical (unpaired) electrons. The maximum Gasteiger partial charge on any atom is 0.123 e. The number of ether oxygens (including phenoxy) is 1. The zero-order valence-electron chi connectivity index (χ0n) is 10.00. The van der Waals surface area contributed by atoms with Crippen molar-refractivity contribution < 1.29 is 9.15 Å². The zero-order valence-corrected chi connectivity index (χ0v) is 10.00. The van der Waals surface area contributed by atoms with Crippen LogP contribution in [0.4, 0.5) is 0 Å². The highest BCUT2D eigenvalue weighted by atomic mass is 16.5. The maximum absolute atomic E-state index is 5.88. The lowest BCUT2D eigenvalue weighted by molar-refractivity contribution is 0.0448. The second-order valence-corrected chi connectivity index (χ2v) is 4.37. The van der Waals surface area contributed by atoms with Gasteiger partial charge in [-0.15, -0.1) is 0 Å². The average Bonchev–Trinajstić information content (AvgIpc) is 2.94. The molecule has 0 spiro atoms. The predicted octanol–water partition coefficient (Wildman–Crippen LogP) is 2.85. The topological polar surface area (TPSA) is 34.4 Å². The monoisotopic (exact) mass is 223 g/mol. The minimum atomic E-state index is 0.474. The standard InChI is InChI=1S/C13H21NO2/c1-2-14-9-13-11(7-8-15-13)10-16-12-5-3-4-6-12/h7-8,12,14H,2-6,9-10H2,1H3. The third-order valence-electron chi connectivity index (χ3n) is 3.15. The molecule has 1 aromatic rings. The van der Waals surface area contributed by atoms with Crippen molar-refractivity contribution in [2.45, 2.75) is 51.9 Å². The molecule has 3 heteroatoms. The van der Waals surface area contributed by atoms with E-state index in [1.807, 2.05) is 6.07 Å². The number of hydrogen-bond donors (Lipinski definition) is 1. The summed E-state index contributed by atoms with van der Waals surface area (Å²) in [5, 5.41) is 3.27. The Bertz CT molecular complexity index is 303. The Kier molecular flexibility index (Phi) is 4.43. The van der Waals surface area contributed by atoms with Crippen molar-refractivity contribution in [1.82, 2.24) is 5.32 Å². The van der Waals surface area contributed by atoms with Crippen LogP contribution in [0.3, 0.4) is 0 Å². The first-order chi connectivity index (χ1) is 7.90. The highest BCUT2D eigenvalue weighted by Crippen LogP contribution is 2.23. The van der Waals surface area contributed by atoms with Crippen LogP contribution in [0.1, 0.15) is 43.9 Å². The summed E-state index contributed by atoms with van der Waals surface area (Å²) in [7, 11) is 0. The van der Waals surface area contributed by atoms with Crippen LogP contribution in [0, 0.1) is 0 Å². The van der Waals surface area contributed by atoms with Crippen molar-refractivity contribution in [3.05, 3.63) is 23.7 Å². The molecule has 1 fully saturated rings. The normalized spacial score (nSPS) is 17.1. The SMILES string of the molecule is CCNCc1occc1COC1CCCC1. The van der Waals surface area contributed by atoms with Crippen molar-refractivity contribution >= 4 is 0 Å². The van der Waals surface area contributed by atoms with E-state index in [9.17, 15) is 0 Å². The molecule has 1 saturated carbocycles. The van der Waals surface area contributed by atoms with Gasteiger partial charge in [0.2, 0.25) is 0 Å². The van der Waals surface area contributed by atoms with Crippen LogP contribution in [0.5, 0.6) is 0 Å². The molecular weight excluding hydrogens is 202 g/mol. The van der Waals surface area contributed by atoms with Gasteiger partial charge in [0.15, 0.2) is 0 Å². The Morgan fingerprint density at radius 1 is 1.44 bits per heavy atom. The lowest BCUT2D eigenvalue weighted by atomic mass is 10.2. The Labute approximate surface area is 97.2 Å². The molecule has 0 bridgehead atoms. The average molecular weight is 223 g/mol. The molecule has 1 aliphatic rings. The largest absolute Gasteiger partial charge is 0.468 e. The van der Waals surface area contributed by atoms with E-state index in [1.165, 1.54) is 31.2 Å². The molecule has 3 nitrogen and oxygen atoms in total. The molecule has 0 amide bonds. The van der Waals surface area contributed by atoms with Crippen LogP contribution in [0.15, 0.2) is 16.7 Å². The summed E-state index contributed by atoms with van der Waals surface area (Å²) >= 11 is 0. The van der Waals surface area contributed by atoms with Crippen molar-refractivity contribution in [2.75, 3.05) is 6.54 Å². The van der Waals surface area contributed by atoms with Gasteiger partial charge in [-0.25, -0.2) is 0 Å². The Morgan fingerprint density at radius 2 is 2.25 bits per heavy atom. The van der Waals surface area contributed by atoms with E-state index in [2.05, 4.69) is 12.2 Å². The first-order valence-electron chi connectivity index (χ1n) is 6.27. The van der Waals surface area contributed by atoms with Crippen LogP contribution >= 0.6 is 0 Å². The molecule has 2 rings (SSSR count). The molecule has 0 unspecified atom stereocenters. The third kappa shape index (κ3) is 3.09. The highest BCUT2D eigenvalue weighted by molar-refractivity contribution is 5.15. The summed E-state index contributed by atoms with van der Waals surface area (Å²) < 4.78 is 11.3. The summed E-state index contributed by atoms with van der Waals surface area (Å²) in [4.78, 5) is 0. The lowest BCUT2D eigenvalue weighted by Gasteiger charge is -2.10. The quantitative estimate of drug-likeness (QED) is 0.805. The van der Waals surface area contributed by atoms with Gasteiger partial charge in [-0.2, -0.15) is 0 Å². The molecule has 1 aliphatic carbocycles. The lowest BCUT2D eigenvalue weighted by Crippen LogP contribution is -2.13. The minimum Gasteiger partial charge on any atom is -0.468 e. The van der Waals surface area contributed by atoms with Gasteiger partial charge in [0, 0.05) is 5.56 Å². The van der Waals surface area contributed by atoms with Gasteiger partial charge < -0.3 is 14.5 Å². The van der Waals surface area contributed by atoms with Crippen LogP contribution in [-0.2, 0) is 17.9 Å². The minimum absolute atomic E-state index is 0.474. The number of furan rings is 1. The zero-order chi connectivity index (χ0) is 11.2. The molecule has 90 valence electrons. The second kappa shape index (κ2) is 6.06. The van der Waals surface area contributed by atoms with Gasteiger partial charge in [-0.1, -0.05) is 19.8 Å². The maximum atomic E-state index is 5.88. The van der Waals surface area contributed by atoms with Gasteiger partial charge in [0.05, 0.1) is 25.5 Å². The van der Waals surface area contributed by atoms with Crippen molar-refractivity contribution in [3.63, 3.8) is 0 Å². The fourth-order valence-electron chi connectivity index (χ4n) is 2.15. The number of hydrogen-bond acceptors (Lipinski definition) is 3. The molecule has 0 atom stereocenters. The summed E-state index contributed by atoms with van der Waals surface area (Å²) in [5.74, 6) is 1.01. The first kappa shape index (κ1) is 11.7. The van der Waals surface area contributed by atoms with Gasteiger partial charge >= 0.3 is 0 Å². The van der Waals surface area contributed by atoms with E-state index in [-0.39, 0.29) is 0 Å². The first-order valence-corrected chi connectivity index (χ1v) is 6.27. The van der Waals surface area contributed by atoms with Gasteiger partial charge in [0.1, 0.15) is 5.76 Å². The van der Waals surface area contributed by atoms with E-state index >= 15 is 0 Å². The molecule has 16 heavy (non-hydrogen) atoms. The van der Waals surface area contributed by atoms with Gasteiger partial charge in [0.25, 0.3) is 0 Å². The molecular formula is C13H21NO2. The highest BCUT2D eigenvalue weighted by Gasteiger charge is 2.16. The summed E-state index contributed by atoms with van der Waals surface area (Å²) in [5.41, 5.74) is 1.19. The molecule has 0 saturated heterocycles. The summed E-state index contributed by atoms with van der Waals surface area (Å²) in [6.45, 7) is 4.55. The molecule has 0 aliphatic heterocycles.